The van der Waals surface area contributed by atoms with E-state index < -0.39 is 0 Å². The van der Waals surface area contributed by atoms with Gasteiger partial charge in [0.2, 0.25) is 5.95 Å². The molecule has 2 N–H and O–H groups in total. The van der Waals surface area contributed by atoms with Crippen molar-refractivity contribution in [1.29, 1.82) is 0 Å². The maximum absolute atomic E-state index is 5.84. The van der Waals surface area contributed by atoms with Crippen LogP contribution in [0.25, 0.3) is 33.1 Å². The SMILES string of the molecule is CCCOc1ccc(-c2ccc3nc(NCC)[nH]c3c2)cc1CC.Cc1ccnc2ccc(P)cc12. The van der Waals surface area contributed by atoms with Crippen molar-refractivity contribution in [2.45, 2.75) is 40.5 Å². The number of fused-ring (bicyclic) bond motifs is 2. The predicted molar refractivity (Wildman–Crippen MR) is 157 cm³/mol. The highest BCUT2D eigenvalue weighted by atomic mass is 31.0. The Morgan fingerprint density at radius 3 is 2.47 bits per heavy atom. The monoisotopic (exact) mass is 498 g/mol. The fourth-order valence-corrected chi connectivity index (χ4v) is 4.39. The van der Waals surface area contributed by atoms with Gasteiger partial charge in [-0.1, -0.05) is 32.0 Å². The largest absolute Gasteiger partial charge is 0.493 e. The third-order valence-corrected chi connectivity index (χ3v) is 6.41. The lowest BCUT2D eigenvalue weighted by atomic mass is 10.0. The van der Waals surface area contributed by atoms with Gasteiger partial charge >= 0.3 is 0 Å². The van der Waals surface area contributed by atoms with Crippen molar-refractivity contribution in [2.75, 3.05) is 18.5 Å². The molecule has 0 saturated carbocycles. The number of H-pyrrole nitrogens is 1. The summed E-state index contributed by atoms with van der Waals surface area (Å²) in [6.07, 6.45) is 3.83. The van der Waals surface area contributed by atoms with Crippen LogP contribution in [0.4, 0.5) is 5.95 Å². The lowest BCUT2D eigenvalue weighted by Gasteiger charge is -2.12. The van der Waals surface area contributed by atoms with E-state index in [-0.39, 0.29) is 0 Å². The maximum atomic E-state index is 5.84. The molecule has 0 aliphatic rings. The van der Waals surface area contributed by atoms with Crippen molar-refractivity contribution in [3.63, 3.8) is 0 Å². The number of benzene rings is 3. The van der Waals surface area contributed by atoms with Crippen LogP contribution >= 0.6 is 9.24 Å². The Morgan fingerprint density at radius 2 is 1.69 bits per heavy atom. The number of ether oxygens (including phenoxy) is 1. The highest BCUT2D eigenvalue weighted by Gasteiger charge is 2.08. The average molecular weight is 499 g/mol. The maximum Gasteiger partial charge on any atom is 0.201 e. The first-order valence-electron chi connectivity index (χ1n) is 12.6. The number of rotatable bonds is 7. The predicted octanol–water partition coefficient (Wildman–Crippen LogP) is 7.06. The summed E-state index contributed by atoms with van der Waals surface area (Å²) in [5.41, 5.74) is 8.02. The molecule has 0 bridgehead atoms. The van der Waals surface area contributed by atoms with Crippen LogP contribution in [0, 0.1) is 6.92 Å². The van der Waals surface area contributed by atoms with Crippen molar-refractivity contribution < 1.29 is 4.74 Å². The molecule has 2 heterocycles. The van der Waals surface area contributed by atoms with Crippen molar-refractivity contribution >= 4 is 42.4 Å². The zero-order valence-corrected chi connectivity index (χ0v) is 22.7. The van der Waals surface area contributed by atoms with E-state index in [0.717, 1.165) is 54.2 Å². The number of hydrogen-bond acceptors (Lipinski definition) is 4. The second-order valence-corrected chi connectivity index (χ2v) is 9.44. The van der Waals surface area contributed by atoms with Crippen LogP contribution in [0.15, 0.2) is 66.9 Å². The average Bonchev–Trinajstić information content (AvgIpc) is 3.30. The van der Waals surface area contributed by atoms with Gasteiger partial charge in [-0.25, -0.2) is 4.98 Å². The molecule has 5 aromatic rings. The van der Waals surface area contributed by atoms with E-state index in [1.165, 1.54) is 32.9 Å². The molecule has 1 atom stereocenters. The number of aryl methyl sites for hydroxylation is 2. The van der Waals surface area contributed by atoms with E-state index in [2.05, 4.69) is 106 Å². The fourth-order valence-electron chi connectivity index (χ4n) is 4.13. The van der Waals surface area contributed by atoms with E-state index in [1.807, 2.05) is 18.3 Å². The lowest BCUT2D eigenvalue weighted by Crippen LogP contribution is -1.98. The molecule has 5 rings (SSSR count). The third-order valence-electron chi connectivity index (χ3n) is 6.05. The Hall–Kier alpha value is -3.43. The second-order valence-electron chi connectivity index (χ2n) is 8.78. The van der Waals surface area contributed by atoms with Crippen LogP contribution < -0.4 is 15.4 Å². The van der Waals surface area contributed by atoms with E-state index in [4.69, 9.17) is 4.74 Å². The molecule has 0 fully saturated rings. The van der Waals surface area contributed by atoms with E-state index in [1.54, 1.807) is 0 Å². The van der Waals surface area contributed by atoms with Crippen molar-refractivity contribution in [1.82, 2.24) is 15.0 Å². The van der Waals surface area contributed by atoms with Gasteiger partial charge in [0.1, 0.15) is 5.75 Å². The molecule has 0 amide bonds. The summed E-state index contributed by atoms with van der Waals surface area (Å²) in [5, 5.41) is 5.67. The van der Waals surface area contributed by atoms with Gasteiger partial charge in [-0.15, -0.1) is 9.24 Å². The molecule has 0 spiro atoms. The van der Waals surface area contributed by atoms with Crippen molar-refractivity contribution in [2.24, 2.45) is 0 Å². The summed E-state index contributed by atoms with van der Waals surface area (Å²) >= 11 is 0. The quantitative estimate of drug-likeness (QED) is 0.236. The molecule has 3 aromatic carbocycles. The summed E-state index contributed by atoms with van der Waals surface area (Å²) in [7, 11) is 2.70. The van der Waals surface area contributed by atoms with E-state index in [9.17, 15) is 0 Å². The first-order chi connectivity index (χ1) is 17.5. The molecule has 0 radical (unpaired) electrons. The normalized spacial score (nSPS) is 10.8. The Bertz CT molecular complexity index is 1460. The Morgan fingerprint density at radius 1 is 0.917 bits per heavy atom. The molecule has 0 aliphatic carbocycles. The minimum Gasteiger partial charge on any atom is -0.493 e. The van der Waals surface area contributed by atoms with Gasteiger partial charge in [-0.05, 0) is 96.7 Å². The minimum atomic E-state index is 0.764. The highest BCUT2D eigenvalue weighted by Crippen LogP contribution is 2.29. The second kappa shape index (κ2) is 12.0. The van der Waals surface area contributed by atoms with Gasteiger partial charge in [0.15, 0.2) is 0 Å². The molecule has 2 aromatic heterocycles. The Balaban J connectivity index is 0.000000211. The smallest absolute Gasteiger partial charge is 0.201 e. The summed E-state index contributed by atoms with van der Waals surface area (Å²) in [4.78, 5) is 12.1. The molecular formula is C30H35N4OP. The van der Waals surface area contributed by atoms with Crippen LogP contribution in [0.5, 0.6) is 5.75 Å². The molecule has 0 aliphatic heterocycles. The first kappa shape index (κ1) is 25.7. The summed E-state index contributed by atoms with van der Waals surface area (Å²) in [6, 6.07) is 21.1. The van der Waals surface area contributed by atoms with Gasteiger partial charge in [0.25, 0.3) is 0 Å². The van der Waals surface area contributed by atoms with Gasteiger partial charge in [-0.2, -0.15) is 0 Å². The van der Waals surface area contributed by atoms with Gasteiger partial charge in [-0.3, -0.25) is 4.98 Å². The number of nitrogens with one attached hydrogen (secondary N) is 2. The fraction of sp³-hybridized carbons (Fsp3) is 0.267. The number of aromatic nitrogens is 3. The number of hydrogen-bond donors (Lipinski definition) is 2. The summed E-state index contributed by atoms with van der Waals surface area (Å²) in [6.45, 7) is 10.1. The number of anilines is 1. The summed E-state index contributed by atoms with van der Waals surface area (Å²) < 4.78 is 5.84. The zero-order valence-electron chi connectivity index (χ0n) is 21.6. The molecular weight excluding hydrogens is 463 g/mol. The standard InChI is InChI=1S/C20H25N3O.C10H10NP/c1-4-11-24-19-10-8-15(12-14(19)5-2)16-7-9-17-18(13-16)23-20(22-17)21-6-3;1-7-4-5-11-10-3-2-8(12)6-9(7)10/h7-10,12-13H,4-6,11H2,1-3H3,(H2,21,22,23);2-6H,12H2,1H3. The highest BCUT2D eigenvalue weighted by molar-refractivity contribution is 7.27. The molecule has 36 heavy (non-hydrogen) atoms. The molecule has 1 unspecified atom stereocenters. The van der Waals surface area contributed by atoms with E-state index in [0.29, 0.717) is 0 Å². The molecule has 6 heteroatoms. The van der Waals surface area contributed by atoms with Crippen LogP contribution in [0.2, 0.25) is 0 Å². The Labute approximate surface area is 215 Å². The number of aromatic amines is 1. The van der Waals surface area contributed by atoms with Gasteiger partial charge in [0, 0.05) is 18.1 Å². The molecule has 186 valence electrons. The lowest BCUT2D eigenvalue weighted by molar-refractivity contribution is 0.314. The topological polar surface area (TPSA) is 62.8 Å². The van der Waals surface area contributed by atoms with Gasteiger partial charge in [0.05, 0.1) is 23.2 Å². The van der Waals surface area contributed by atoms with Crippen molar-refractivity contribution in [3.05, 3.63) is 78.0 Å². The van der Waals surface area contributed by atoms with E-state index >= 15 is 0 Å². The first-order valence-corrected chi connectivity index (χ1v) is 13.2. The summed E-state index contributed by atoms with van der Waals surface area (Å²) in [5.74, 6) is 1.82. The Kier molecular flexibility index (Phi) is 8.56. The number of imidazole rings is 1. The third kappa shape index (κ3) is 6.03. The van der Waals surface area contributed by atoms with Crippen LogP contribution in [-0.4, -0.2) is 28.1 Å². The van der Waals surface area contributed by atoms with Crippen molar-refractivity contribution in [3.8, 4) is 16.9 Å². The zero-order chi connectivity index (χ0) is 25.5. The minimum absolute atomic E-state index is 0.764. The molecule has 5 nitrogen and oxygen atoms in total. The van der Waals surface area contributed by atoms with Crippen LogP contribution in [0.3, 0.4) is 0 Å². The van der Waals surface area contributed by atoms with Crippen LogP contribution in [-0.2, 0) is 6.42 Å². The number of pyridine rings is 1. The van der Waals surface area contributed by atoms with Gasteiger partial charge < -0.3 is 15.0 Å². The van der Waals surface area contributed by atoms with Crippen LogP contribution in [0.1, 0.15) is 38.3 Å². The number of nitrogens with zero attached hydrogens (tertiary/aromatic N) is 2. The molecule has 0 saturated heterocycles.